The van der Waals surface area contributed by atoms with Gasteiger partial charge in [0.25, 0.3) is 0 Å². The Kier molecular flexibility index (Phi) is 4.97. The summed E-state index contributed by atoms with van der Waals surface area (Å²) in [6, 6.07) is 18.6. The summed E-state index contributed by atoms with van der Waals surface area (Å²) in [4.78, 5) is 2.25. The first-order valence-electron chi connectivity index (χ1n) is 10.6. The number of benzene rings is 3. The highest BCUT2D eigenvalue weighted by Crippen LogP contribution is 2.44. The van der Waals surface area contributed by atoms with Crippen LogP contribution < -0.4 is 4.74 Å². The highest BCUT2D eigenvalue weighted by Gasteiger charge is 2.43. The zero-order valence-corrected chi connectivity index (χ0v) is 16.8. The molecule has 2 aliphatic rings. The van der Waals surface area contributed by atoms with E-state index in [0.717, 1.165) is 36.9 Å². The highest BCUT2D eigenvalue weighted by atomic mass is 19.1. The first-order chi connectivity index (χ1) is 14.5. The van der Waals surface area contributed by atoms with Gasteiger partial charge >= 0.3 is 0 Å². The lowest BCUT2D eigenvalue weighted by atomic mass is 9.81. The molecule has 0 aromatic heterocycles. The zero-order valence-electron chi connectivity index (χ0n) is 16.8. The van der Waals surface area contributed by atoms with Crippen LogP contribution >= 0.6 is 0 Å². The van der Waals surface area contributed by atoms with E-state index in [1.165, 1.54) is 17.5 Å². The minimum atomic E-state index is -0.709. The largest absolute Gasteiger partial charge is 0.487 e. The highest BCUT2D eigenvalue weighted by molar-refractivity contribution is 5.83. The number of hydrogen-bond donors (Lipinski definition) is 2. The third-order valence-corrected chi connectivity index (χ3v) is 6.58. The number of aliphatic hydroxyl groups excluding tert-OH is 2. The standard InChI is InChI=1S/C25H26FNO3/c26-20-7-8-24-21(14-20)22(28)15-25(30-24)9-11-27(12-10-25)16-23(29)19-6-5-17-3-1-2-4-18(17)13-19/h1-8,13-14,22-23,28-29H,9-12,15-16H2/t22-,23+/m0/s1. The van der Waals surface area contributed by atoms with Gasteiger partial charge in [0.1, 0.15) is 17.2 Å². The van der Waals surface area contributed by atoms with Crippen LogP contribution in [0.4, 0.5) is 4.39 Å². The summed E-state index contributed by atoms with van der Waals surface area (Å²) in [6.07, 6.45) is 0.755. The van der Waals surface area contributed by atoms with E-state index in [-0.39, 0.29) is 5.82 Å². The molecule has 30 heavy (non-hydrogen) atoms. The Bertz CT molecular complexity index is 1060. The van der Waals surface area contributed by atoms with Crippen LogP contribution in [0.1, 0.15) is 42.6 Å². The molecule has 2 heterocycles. The van der Waals surface area contributed by atoms with Gasteiger partial charge in [-0.05, 0) is 53.4 Å². The number of aliphatic hydroxyl groups is 2. The van der Waals surface area contributed by atoms with E-state index in [4.69, 9.17) is 4.74 Å². The molecular weight excluding hydrogens is 381 g/mol. The minimum Gasteiger partial charge on any atom is -0.487 e. The Hall–Kier alpha value is -2.47. The van der Waals surface area contributed by atoms with Gasteiger partial charge in [0.05, 0.1) is 12.2 Å². The van der Waals surface area contributed by atoms with Crippen molar-refractivity contribution in [1.29, 1.82) is 0 Å². The molecule has 1 fully saturated rings. The average molecular weight is 407 g/mol. The number of halogens is 1. The molecule has 5 heteroatoms. The minimum absolute atomic E-state index is 0.357. The second-order valence-electron chi connectivity index (χ2n) is 8.61. The molecule has 0 unspecified atom stereocenters. The molecule has 0 saturated carbocycles. The SMILES string of the molecule is O[C@H](CN1CCC2(CC1)C[C@H](O)c1cc(F)ccc1O2)c1ccc2ccccc2c1. The number of β-amino-alcohol motifs (C(OH)–C–C–N with tert-alkyl or cyclic N) is 1. The van der Waals surface area contributed by atoms with Crippen molar-refractivity contribution >= 4 is 10.8 Å². The summed E-state index contributed by atoms with van der Waals surface area (Å²) in [7, 11) is 0. The van der Waals surface area contributed by atoms with Crippen molar-refractivity contribution in [1.82, 2.24) is 4.90 Å². The molecule has 1 saturated heterocycles. The Morgan fingerprint density at radius 3 is 2.60 bits per heavy atom. The van der Waals surface area contributed by atoms with Crippen LogP contribution in [-0.4, -0.2) is 40.3 Å². The lowest BCUT2D eigenvalue weighted by molar-refractivity contribution is -0.0589. The second-order valence-corrected chi connectivity index (χ2v) is 8.61. The number of piperidine rings is 1. The van der Waals surface area contributed by atoms with Crippen LogP contribution in [0.25, 0.3) is 10.8 Å². The molecule has 5 rings (SSSR count). The predicted octanol–water partition coefficient (Wildman–Crippen LogP) is 4.36. The average Bonchev–Trinajstić information content (AvgIpc) is 2.76. The molecule has 0 amide bonds. The van der Waals surface area contributed by atoms with E-state index < -0.39 is 17.8 Å². The smallest absolute Gasteiger partial charge is 0.126 e. The van der Waals surface area contributed by atoms with Crippen molar-refractivity contribution in [3.05, 3.63) is 77.6 Å². The molecule has 3 aromatic rings. The van der Waals surface area contributed by atoms with Gasteiger partial charge in [-0.15, -0.1) is 0 Å². The third kappa shape index (κ3) is 3.69. The van der Waals surface area contributed by atoms with E-state index in [1.54, 1.807) is 6.07 Å². The number of rotatable bonds is 3. The first-order valence-corrected chi connectivity index (χ1v) is 10.6. The molecule has 156 valence electrons. The summed E-state index contributed by atoms with van der Waals surface area (Å²) >= 11 is 0. The fourth-order valence-electron chi connectivity index (χ4n) is 4.82. The predicted molar refractivity (Wildman–Crippen MR) is 114 cm³/mol. The van der Waals surface area contributed by atoms with Crippen LogP contribution in [0.2, 0.25) is 0 Å². The summed E-state index contributed by atoms with van der Waals surface area (Å²) < 4.78 is 19.8. The number of ether oxygens (including phenoxy) is 1. The normalized spacial score (nSPS) is 21.9. The van der Waals surface area contributed by atoms with Crippen LogP contribution in [0, 0.1) is 5.82 Å². The van der Waals surface area contributed by atoms with Crippen molar-refractivity contribution in [2.24, 2.45) is 0 Å². The molecule has 0 aliphatic carbocycles. The summed E-state index contributed by atoms with van der Waals surface area (Å²) in [5, 5.41) is 23.6. The van der Waals surface area contributed by atoms with Crippen molar-refractivity contribution in [2.45, 2.75) is 37.1 Å². The third-order valence-electron chi connectivity index (χ3n) is 6.58. The Balaban J connectivity index is 1.24. The van der Waals surface area contributed by atoms with Gasteiger partial charge < -0.3 is 19.8 Å². The first kappa shape index (κ1) is 19.5. The number of nitrogens with zero attached hydrogens (tertiary/aromatic N) is 1. The maximum absolute atomic E-state index is 13.5. The van der Waals surface area contributed by atoms with Gasteiger partial charge in [0, 0.05) is 31.6 Å². The molecule has 0 radical (unpaired) electrons. The van der Waals surface area contributed by atoms with Gasteiger partial charge in [-0.2, -0.15) is 0 Å². The van der Waals surface area contributed by atoms with Crippen molar-refractivity contribution in [2.75, 3.05) is 19.6 Å². The Morgan fingerprint density at radius 1 is 1.03 bits per heavy atom. The van der Waals surface area contributed by atoms with Gasteiger partial charge in [-0.3, -0.25) is 0 Å². The summed E-state index contributed by atoms with van der Waals surface area (Å²) in [5.41, 5.74) is 1.04. The lowest BCUT2D eigenvalue weighted by Crippen LogP contribution is -2.51. The topological polar surface area (TPSA) is 52.9 Å². The quantitative estimate of drug-likeness (QED) is 0.677. The van der Waals surface area contributed by atoms with Crippen LogP contribution in [0.5, 0.6) is 5.75 Å². The van der Waals surface area contributed by atoms with E-state index >= 15 is 0 Å². The molecule has 2 aliphatic heterocycles. The van der Waals surface area contributed by atoms with E-state index in [2.05, 4.69) is 29.2 Å². The van der Waals surface area contributed by atoms with Crippen LogP contribution in [-0.2, 0) is 0 Å². The molecule has 2 atom stereocenters. The molecule has 0 bridgehead atoms. The van der Waals surface area contributed by atoms with E-state index in [9.17, 15) is 14.6 Å². The monoisotopic (exact) mass is 407 g/mol. The maximum Gasteiger partial charge on any atom is 0.126 e. The number of likely N-dealkylation sites (tertiary alicyclic amines) is 1. The lowest BCUT2D eigenvalue weighted by Gasteiger charge is -2.46. The van der Waals surface area contributed by atoms with Crippen molar-refractivity contribution in [3.63, 3.8) is 0 Å². The zero-order chi connectivity index (χ0) is 20.7. The fraction of sp³-hybridized carbons (Fsp3) is 0.360. The fourth-order valence-corrected chi connectivity index (χ4v) is 4.82. The van der Waals surface area contributed by atoms with E-state index in [1.807, 2.05) is 18.2 Å². The van der Waals surface area contributed by atoms with Crippen molar-refractivity contribution in [3.8, 4) is 5.75 Å². The molecular formula is C25H26FNO3. The molecule has 2 N–H and O–H groups in total. The van der Waals surface area contributed by atoms with Crippen molar-refractivity contribution < 1.29 is 19.3 Å². The van der Waals surface area contributed by atoms with Gasteiger partial charge in [-0.25, -0.2) is 4.39 Å². The maximum atomic E-state index is 13.5. The second kappa shape index (κ2) is 7.65. The van der Waals surface area contributed by atoms with Gasteiger partial charge in [-0.1, -0.05) is 36.4 Å². The van der Waals surface area contributed by atoms with Crippen LogP contribution in [0.3, 0.4) is 0 Å². The van der Waals surface area contributed by atoms with Gasteiger partial charge in [0.15, 0.2) is 0 Å². The van der Waals surface area contributed by atoms with Crippen LogP contribution in [0.15, 0.2) is 60.7 Å². The molecule has 3 aromatic carbocycles. The number of fused-ring (bicyclic) bond motifs is 2. The summed E-state index contributed by atoms with van der Waals surface area (Å²) in [5.74, 6) is 0.227. The molecule has 1 spiro atoms. The Labute approximate surface area is 175 Å². The molecule has 4 nitrogen and oxygen atoms in total. The Morgan fingerprint density at radius 2 is 1.80 bits per heavy atom. The van der Waals surface area contributed by atoms with E-state index in [0.29, 0.717) is 24.3 Å². The van der Waals surface area contributed by atoms with Gasteiger partial charge in [0.2, 0.25) is 0 Å². The number of hydrogen-bond acceptors (Lipinski definition) is 4. The summed E-state index contributed by atoms with van der Waals surface area (Å²) in [6.45, 7) is 2.14.